The van der Waals surface area contributed by atoms with Crippen LogP contribution in [0.2, 0.25) is 5.02 Å². The highest BCUT2D eigenvalue weighted by Gasteiger charge is 2.11. The Bertz CT molecular complexity index is 700. The van der Waals surface area contributed by atoms with Gasteiger partial charge < -0.3 is 10.3 Å². The zero-order valence-corrected chi connectivity index (χ0v) is 11.4. The van der Waals surface area contributed by atoms with Crippen molar-refractivity contribution in [2.24, 2.45) is 5.73 Å². The van der Waals surface area contributed by atoms with Crippen LogP contribution in [0, 0.1) is 18.8 Å². The van der Waals surface area contributed by atoms with Crippen LogP contribution in [0.1, 0.15) is 21.7 Å². The zero-order valence-electron chi connectivity index (χ0n) is 10.6. The lowest BCUT2D eigenvalue weighted by Crippen LogP contribution is -2.12. The number of rotatable bonds is 2. The first-order valence-electron chi connectivity index (χ1n) is 5.70. The number of anilines is 1. The maximum atomic E-state index is 11.9. The molecule has 0 saturated carbocycles. The summed E-state index contributed by atoms with van der Waals surface area (Å²) in [5.74, 6) is 5.55. The maximum absolute atomic E-state index is 11.9. The highest BCUT2D eigenvalue weighted by molar-refractivity contribution is 6.32. The van der Waals surface area contributed by atoms with Crippen molar-refractivity contribution in [1.29, 1.82) is 0 Å². The number of nitrogens with one attached hydrogen (secondary N) is 1. The zero-order chi connectivity index (χ0) is 14.5. The molecule has 3 N–H and O–H groups in total. The molecular weight excluding hydrogens is 280 g/mol. The topological polar surface area (TPSA) is 94.0 Å². The van der Waals surface area contributed by atoms with E-state index in [0.717, 1.165) is 0 Å². The van der Waals surface area contributed by atoms with Gasteiger partial charge >= 0.3 is 6.01 Å². The summed E-state index contributed by atoms with van der Waals surface area (Å²) < 4.78 is 4.80. The number of benzene rings is 1. The van der Waals surface area contributed by atoms with Crippen molar-refractivity contribution >= 4 is 23.5 Å². The Balaban J connectivity index is 2.16. The fraction of sp³-hybridized carbons (Fsp3) is 0.154. The van der Waals surface area contributed by atoms with Crippen LogP contribution in [-0.4, -0.2) is 22.6 Å². The van der Waals surface area contributed by atoms with Gasteiger partial charge in [-0.15, -0.1) is 0 Å². The van der Waals surface area contributed by atoms with E-state index in [-0.39, 0.29) is 12.6 Å². The molecule has 0 atom stereocenters. The number of hydrogen-bond donors (Lipinski definition) is 2. The number of halogens is 1. The number of hydrogen-bond acceptors (Lipinski definition) is 5. The van der Waals surface area contributed by atoms with E-state index in [1.54, 1.807) is 19.1 Å². The molecule has 1 aromatic carbocycles. The van der Waals surface area contributed by atoms with Gasteiger partial charge in [0.25, 0.3) is 5.91 Å². The van der Waals surface area contributed by atoms with Crippen molar-refractivity contribution in [3.05, 3.63) is 40.2 Å². The summed E-state index contributed by atoms with van der Waals surface area (Å²) in [4.78, 5) is 15.8. The third kappa shape index (κ3) is 3.35. The summed E-state index contributed by atoms with van der Waals surface area (Å²) in [5.41, 5.74) is 6.27. The smallest absolute Gasteiger partial charge is 0.320 e. The molecule has 0 saturated heterocycles. The summed E-state index contributed by atoms with van der Waals surface area (Å²) in [7, 11) is 0. The minimum atomic E-state index is -0.395. The van der Waals surface area contributed by atoms with Gasteiger partial charge in [-0.25, -0.2) is 0 Å². The minimum absolute atomic E-state index is 0.0376. The Morgan fingerprint density at radius 2 is 2.35 bits per heavy atom. The molecule has 0 radical (unpaired) electrons. The second-order valence-corrected chi connectivity index (χ2v) is 4.21. The fourth-order valence-electron chi connectivity index (χ4n) is 1.42. The van der Waals surface area contributed by atoms with Crippen molar-refractivity contribution in [2.75, 3.05) is 11.9 Å². The van der Waals surface area contributed by atoms with E-state index >= 15 is 0 Å². The lowest BCUT2D eigenvalue weighted by molar-refractivity contribution is 0.102. The van der Waals surface area contributed by atoms with Crippen LogP contribution in [0.5, 0.6) is 0 Å². The van der Waals surface area contributed by atoms with Gasteiger partial charge in [-0.1, -0.05) is 28.6 Å². The third-order valence-corrected chi connectivity index (χ3v) is 2.62. The second kappa shape index (κ2) is 6.19. The molecule has 6 nitrogen and oxygen atoms in total. The monoisotopic (exact) mass is 290 g/mol. The van der Waals surface area contributed by atoms with E-state index in [2.05, 4.69) is 27.3 Å². The Hall–Kier alpha value is -2.36. The molecule has 20 heavy (non-hydrogen) atoms. The Morgan fingerprint density at radius 1 is 1.55 bits per heavy atom. The summed E-state index contributed by atoms with van der Waals surface area (Å²) in [6, 6.07) is 4.81. The van der Waals surface area contributed by atoms with Gasteiger partial charge in [0.15, 0.2) is 5.82 Å². The number of nitrogens with zero attached hydrogens (tertiary/aromatic N) is 2. The minimum Gasteiger partial charge on any atom is -0.320 e. The van der Waals surface area contributed by atoms with Gasteiger partial charge in [0.2, 0.25) is 0 Å². The first-order valence-corrected chi connectivity index (χ1v) is 6.08. The van der Waals surface area contributed by atoms with E-state index in [9.17, 15) is 4.79 Å². The van der Waals surface area contributed by atoms with Gasteiger partial charge in [-0.3, -0.25) is 10.1 Å². The predicted molar refractivity (Wildman–Crippen MR) is 74.4 cm³/mol. The van der Waals surface area contributed by atoms with Gasteiger partial charge in [-0.2, -0.15) is 4.98 Å². The average Bonchev–Trinajstić information content (AvgIpc) is 2.82. The number of nitrogens with two attached hydrogens (primary N) is 1. The van der Waals surface area contributed by atoms with E-state index in [1.807, 2.05) is 0 Å². The highest BCUT2D eigenvalue weighted by Crippen LogP contribution is 2.18. The number of amides is 1. The molecule has 1 aromatic heterocycles. The van der Waals surface area contributed by atoms with Crippen LogP contribution >= 0.6 is 11.6 Å². The second-order valence-electron chi connectivity index (χ2n) is 3.80. The molecule has 2 rings (SSSR count). The standard InChI is InChI=1S/C13H11ClN4O2/c1-8-16-13(20-18-8)17-12(19)10-5-4-9(3-2-6-15)11(14)7-10/h4-5,7H,6,15H2,1H3,(H,16,17,18,19). The van der Waals surface area contributed by atoms with Gasteiger partial charge in [0.05, 0.1) is 11.6 Å². The summed E-state index contributed by atoms with van der Waals surface area (Å²) in [5, 5.41) is 6.42. The van der Waals surface area contributed by atoms with Gasteiger partial charge in [0.1, 0.15) is 0 Å². The van der Waals surface area contributed by atoms with Crippen LogP contribution in [-0.2, 0) is 0 Å². The number of carbonyl (C=O) groups excluding carboxylic acids is 1. The maximum Gasteiger partial charge on any atom is 0.328 e. The van der Waals surface area contributed by atoms with Crippen LogP contribution in [0.25, 0.3) is 0 Å². The van der Waals surface area contributed by atoms with Crippen LogP contribution in [0.15, 0.2) is 22.7 Å². The molecule has 0 spiro atoms. The Morgan fingerprint density at radius 3 is 2.95 bits per heavy atom. The molecule has 0 unspecified atom stereocenters. The first kappa shape index (κ1) is 14.1. The molecule has 1 heterocycles. The number of aromatic nitrogens is 2. The molecule has 0 aliphatic carbocycles. The van der Waals surface area contributed by atoms with Crippen LogP contribution in [0.4, 0.5) is 6.01 Å². The molecule has 102 valence electrons. The molecule has 0 bridgehead atoms. The van der Waals surface area contributed by atoms with Gasteiger partial charge in [-0.05, 0) is 25.1 Å². The lowest BCUT2D eigenvalue weighted by atomic mass is 10.1. The molecule has 7 heteroatoms. The van der Waals surface area contributed by atoms with Crippen molar-refractivity contribution in [2.45, 2.75) is 6.92 Å². The van der Waals surface area contributed by atoms with E-state index in [1.165, 1.54) is 6.07 Å². The largest absolute Gasteiger partial charge is 0.328 e. The normalized spacial score (nSPS) is 9.75. The summed E-state index contributed by atoms with van der Waals surface area (Å²) in [6.07, 6.45) is 0. The Labute approximate surface area is 120 Å². The summed E-state index contributed by atoms with van der Waals surface area (Å²) >= 11 is 6.04. The van der Waals surface area contributed by atoms with Crippen molar-refractivity contribution in [3.8, 4) is 11.8 Å². The molecule has 2 aromatic rings. The van der Waals surface area contributed by atoms with E-state index in [0.29, 0.717) is 22.0 Å². The van der Waals surface area contributed by atoms with Crippen LogP contribution in [0.3, 0.4) is 0 Å². The fourth-order valence-corrected chi connectivity index (χ4v) is 1.65. The van der Waals surface area contributed by atoms with Crippen molar-refractivity contribution < 1.29 is 9.32 Å². The Kier molecular flexibility index (Phi) is 4.35. The number of aryl methyl sites for hydroxylation is 1. The summed E-state index contributed by atoms with van der Waals surface area (Å²) in [6.45, 7) is 1.90. The van der Waals surface area contributed by atoms with Crippen LogP contribution < -0.4 is 11.1 Å². The molecule has 0 aliphatic rings. The van der Waals surface area contributed by atoms with E-state index < -0.39 is 5.91 Å². The quantitative estimate of drug-likeness (QED) is 0.819. The molecule has 0 aliphatic heterocycles. The van der Waals surface area contributed by atoms with E-state index in [4.69, 9.17) is 21.9 Å². The molecule has 0 fully saturated rings. The van der Waals surface area contributed by atoms with Crippen molar-refractivity contribution in [3.63, 3.8) is 0 Å². The SMILES string of the molecule is Cc1noc(NC(=O)c2ccc(C#CCN)c(Cl)c2)n1. The average molecular weight is 291 g/mol. The third-order valence-electron chi connectivity index (χ3n) is 2.30. The predicted octanol–water partition coefficient (Wildman–Crippen LogP) is 1.59. The lowest BCUT2D eigenvalue weighted by Gasteiger charge is -2.02. The van der Waals surface area contributed by atoms with Crippen molar-refractivity contribution in [1.82, 2.24) is 10.1 Å². The number of carbonyl (C=O) groups is 1. The first-order chi connectivity index (χ1) is 9.60. The molecule has 1 amide bonds. The highest BCUT2D eigenvalue weighted by atomic mass is 35.5. The molecular formula is C13H11ClN4O2. The van der Waals surface area contributed by atoms with Gasteiger partial charge in [0, 0.05) is 11.1 Å².